The molecule has 0 saturated carbocycles. The highest BCUT2D eigenvalue weighted by atomic mass is 32.1. The Hall–Kier alpha value is -2.74. The summed E-state index contributed by atoms with van der Waals surface area (Å²) in [5.74, 6) is -3.70. The van der Waals surface area contributed by atoms with Gasteiger partial charge in [0.1, 0.15) is 18.1 Å². The Morgan fingerprint density at radius 1 is 0.939 bits per heavy atom. The van der Waals surface area contributed by atoms with Crippen LogP contribution in [0.3, 0.4) is 0 Å². The Morgan fingerprint density at radius 3 is 2.15 bits per heavy atom. The van der Waals surface area contributed by atoms with Crippen LogP contribution < -0.4 is 21.7 Å². The Bertz CT molecular complexity index is 1000. The van der Waals surface area contributed by atoms with Gasteiger partial charge in [-0.2, -0.15) is 25.3 Å². The maximum Gasteiger partial charge on any atom is 0.326 e. The number of nitrogens with two attached hydrogens (primary N) is 1. The highest BCUT2D eigenvalue weighted by molar-refractivity contribution is 7.80. The van der Waals surface area contributed by atoms with E-state index in [1.54, 1.807) is 6.20 Å². The van der Waals surface area contributed by atoms with Gasteiger partial charge in [0.15, 0.2) is 0 Å². The minimum absolute atomic E-state index is 0.00919. The van der Waals surface area contributed by atoms with Crippen LogP contribution >= 0.6 is 25.3 Å². The molecular weight excluding hydrogens is 470 g/mol. The Balaban J connectivity index is 2.05. The SMILES string of the molecule is NC(CS)C(=O)NC(CO)C(=O)NC(CS)C(=O)NC(Cc1c[nH]c2ccccc12)C(=O)O. The van der Waals surface area contributed by atoms with E-state index in [-0.39, 0.29) is 17.9 Å². The second-order valence-electron chi connectivity index (χ2n) is 7.24. The molecule has 0 aliphatic rings. The van der Waals surface area contributed by atoms with Gasteiger partial charge in [-0.3, -0.25) is 14.4 Å². The molecule has 2 rings (SSSR count). The molecular formula is C20H27N5O6S2. The fraction of sp³-hybridized carbons (Fsp3) is 0.400. The predicted molar refractivity (Wildman–Crippen MR) is 128 cm³/mol. The van der Waals surface area contributed by atoms with Crippen LogP contribution in [0.5, 0.6) is 0 Å². The molecule has 4 unspecified atom stereocenters. The fourth-order valence-electron chi connectivity index (χ4n) is 3.01. The molecule has 0 aliphatic carbocycles. The van der Waals surface area contributed by atoms with Gasteiger partial charge in [0.25, 0.3) is 0 Å². The van der Waals surface area contributed by atoms with E-state index < -0.39 is 54.5 Å². The van der Waals surface area contributed by atoms with E-state index in [2.05, 4.69) is 46.2 Å². The Kier molecular flexibility index (Phi) is 10.0. The number of para-hydroxylation sites is 1. The zero-order valence-corrected chi connectivity index (χ0v) is 19.3. The number of hydrogen-bond acceptors (Lipinski definition) is 8. The molecule has 11 nitrogen and oxygen atoms in total. The van der Waals surface area contributed by atoms with Crippen LogP contribution in [-0.2, 0) is 25.6 Å². The number of nitrogens with one attached hydrogen (secondary N) is 4. The van der Waals surface area contributed by atoms with E-state index in [1.165, 1.54) is 0 Å². The number of hydrogen-bond donors (Lipinski definition) is 9. The second kappa shape index (κ2) is 12.5. The van der Waals surface area contributed by atoms with Gasteiger partial charge in [0.2, 0.25) is 17.7 Å². The summed E-state index contributed by atoms with van der Waals surface area (Å²) in [6.07, 6.45) is 1.68. The molecule has 0 aliphatic heterocycles. The van der Waals surface area contributed by atoms with E-state index in [0.717, 1.165) is 10.9 Å². The first-order valence-corrected chi connectivity index (χ1v) is 11.2. The van der Waals surface area contributed by atoms with E-state index in [9.17, 15) is 29.4 Å². The number of aromatic amines is 1. The van der Waals surface area contributed by atoms with E-state index in [1.807, 2.05) is 24.3 Å². The van der Waals surface area contributed by atoms with Crippen LogP contribution in [0.1, 0.15) is 5.56 Å². The standard InChI is InChI=1S/C20H27N5O6S2/c21-12(8-32)17(27)24-15(7-26)18(28)25-16(9-33)19(29)23-14(20(30)31)5-10-6-22-13-4-2-1-3-11(10)13/h1-4,6,12,14-16,22,26,32-33H,5,7-9,21H2,(H,23,29)(H,24,27)(H,25,28)(H,30,31). The third kappa shape index (κ3) is 7.12. The number of aliphatic carboxylic acids is 1. The summed E-state index contributed by atoms with van der Waals surface area (Å²) >= 11 is 7.94. The molecule has 0 saturated heterocycles. The summed E-state index contributed by atoms with van der Waals surface area (Å²) in [5, 5.41) is 26.9. The second-order valence-corrected chi connectivity index (χ2v) is 7.97. The van der Waals surface area contributed by atoms with Gasteiger partial charge in [-0.15, -0.1) is 0 Å². The van der Waals surface area contributed by atoms with Crippen molar-refractivity contribution in [3.63, 3.8) is 0 Å². The summed E-state index contributed by atoms with van der Waals surface area (Å²) in [7, 11) is 0. The molecule has 13 heteroatoms. The zero-order chi connectivity index (χ0) is 24.5. The van der Waals surface area contributed by atoms with Crippen LogP contribution in [0.15, 0.2) is 30.5 Å². The summed E-state index contributed by atoms with van der Waals surface area (Å²) in [4.78, 5) is 51.8. The normalized spacial score (nSPS) is 14.7. The number of aliphatic hydroxyl groups is 1. The molecule has 180 valence electrons. The Labute approximate surface area is 200 Å². The smallest absolute Gasteiger partial charge is 0.326 e. The van der Waals surface area contributed by atoms with Gasteiger partial charge >= 0.3 is 5.97 Å². The topological polar surface area (TPSA) is 187 Å². The number of benzene rings is 1. The predicted octanol–water partition coefficient (Wildman–Crippen LogP) is -1.57. The summed E-state index contributed by atoms with van der Waals surface area (Å²) in [6, 6.07) is 2.52. The van der Waals surface area contributed by atoms with Crippen LogP contribution in [-0.4, -0.2) is 81.2 Å². The average molecular weight is 498 g/mol. The lowest BCUT2D eigenvalue weighted by Crippen LogP contribution is -2.58. The molecule has 4 atom stereocenters. The van der Waals surface area contributed by atoms with Crippen molar-refractivity contribution in [1.82, 2.24) is 20.9 Å². The maximum atomic E-state index is 12.7. The summed E-state index contributed by atoms with van der Waals surface area (Å²) in [5.41, 5.74) is 7.07. The highest BCUT2D eigenvalue weighted by Gasteiger charge is 2.29. The van der Waals surface area contributed by atoms with Gasteiger partial charge < -0.3 is 36.9 Å². The Morgan fingerprint density at radius 2 is 1.55 bits per heavy atom. The van der Waals surface area contributed by atoms with E-state index >= 15 is 0 Å². The third-order valence-electron chi connectivity index (χ3n) is 4.88. The molecule has 8 N–H and O–H groups in total. The number of carboxylic acid groups (broad SMARTS) is 1. The molecule has 1 aromatic heterocycles. The first-order valence-electron chi connectivity index (χ1n) is 9.98. The van der Waals surface area contributed by atoms with E-state index in [0.29, 0.717) is 5.56 Å². The quantitative estimate of drug-likeness (QED) is 0.158. The fourth-order valence-corrected chi connectivity index (χ4v) is 3.44. The maximum absolute atomic E-state index is 12.7. The third-order valence-corrected chi connectivity index (χ3v) is 5.64. The summed E-state index contributed by atoms with van der Waals surface area (Å²) in [6.45, 7) is -0.740. The molecule has 2 aromatic rings. The lowest BCUT2D eigenvalue weighted by Gasteiger charge is -2.23. The number of H-pyrrole nitrogens is 1. The number of thiol groups is 2. The van der Waals surface area contributed by atoms with Crippen molar-refractivity contribution in [3.8, 4) is 0 Å². The number of fused-ring (bicyclic) bond motifs is 1. The minimum atomic E-state index is -1.36. The van der Waals surface area contributed by atoms with Gasteiger partial charge in [-0.1, -0.05) is 18.2 Å². The van der Waals surface area contributed by atoms with Gasteiger partial charge in [0, 0.05) is 35.0 Å². The highest BCUT2D eigenvalue weighted by Crippen LogP contribution is 2.19. The number of carboxylic acids is 1. The number of carbonyl (C=O) groups excluding carboxylic acids is 3. The first kappa shape index (κ1) is 26.5. The van der Waals surface area contributed by atoms with Gasteiger partial charge in [-0.25, -0.2) is 4.79 Å². The molecule has 0 fully saturated rings. The molecule has 0 spiro atoms. The number of aromatic nitrogens is 1. The van der Waals surface area contributed by atoms with Gasteiger partial charge in [-0.05, 0) is 11.6 Å². The zero-order valence-electron chi connectivity index (χ0n) is 17.5. The number of aliphatic hydroxyl groups excluding tert-OH is 1. The van der Waals surface area contributed by atoms with Gasteiger partial charge in [0.05, 0.1) is 12.6 Å². The molecule has 33 heavy (non-hydrogen) atoms. The molecule has 3 amide bonds. The largest absolute Gasteiger partial charge is 0.480 e. The van der Waals surface area contributed by atoms with Crippen molar-refractivity contribution in [2.24, 2.45) is 5.73 Å². The van der Waals surface area contributed by atoms with Crippen molar-refractivity contribution in [2.75, 3.05) is 18.1 Å². The van der Waals surface area contributed by atoms with Crippen molar-refractivity contribution in [2.45, 2.75) is 30.6 Å². The molecule has 1 heterocycles. The van der Waals surface area contributed by atoms with Crippen molar-refractivity contribution in [3.05, 3.63) is 36.0 Å². The number of rotatable bonds is 12. The molecule has 0 radical (unpaired) electrons. The van der Waals surface area contributed by atoms with E-state index in [4.69, 9.17) is 5.73 Å². The van der Waals surface area contributed by atoms with Crippen molar-refractivity contribution in [1.29, 1.82) is 0 Å². The van der Waals surface area contributed by atoms with Crippen LogP contribution in [0.25, 0.3) is 10.9 Å². The number of amides is 3. The van der Waals surface area contributed by atoms with Crippen LogP contribution in [0, 0.1) is 0 Å². The van der Waals surface area contributed by atoms with Crippen LogP contribution in [0.2, 0.25) is 0 Å². The lowest BCUT2D eigenvalue weighted by molar-refractivity contribution is -0.142. The monoisotopic (exact) mass is 497 g/mol. The van der Waals surface area contributed by atoms with Crippen molar-refractivity contribution < 1.29 is 29.4 Å². The first-order chi connectivity index (χ1) is 15.7. The average Bonchev–Trinajstić information content (AvgIpc) is 3.22. The van der Waals surface area contributed by atoms with Crippen LogP contribution in [0.4, 0.5) is 0 Å². The van der Waals surface area contributed by atoms with Crippen molar-refractivity contribution >= 4 is 59.9 Å². The molecule has 1 aromatic carbocycles. The minimum Gasteiger partial charge on any atom is -0.480 e. The lowest BCUT2D eigenvalue weighted by atomic mass is 10.0. The molecule has 0 bridgehead atoms. The number of carbonyl (C=O) groups is 4. The summed E-state index contributed by atoms with van der Waals surface area (Å²) < 4.78 is 0.